The molecule has 0 aliphatic carbocycles. The largest absolute Gasteiger partial charge is 0.356 e. The molecule has 27 heavy (non-hydrogen) atoms. The highest BCUT2D eigenvalue weighted by Gasteiger charge is 2.27. The zero-order valence-corrected chi connectivity index (χ0v) is 17.5. The molecule has 1 aliphatic rings. The van der Waals surface area contributed by atoms with Crippen molar-refractivity contribution in [2.45, 2.75) is 38.0 Å². The van der Waals surface area contributed by atoms with Gasteiger partial charge >= 0.3 is 0 Å². The standard InChI is InChI=1S/C20H29ClN2O3S/c1-15-9-11-22-14-19(16(2)13-15)20(24)23-10-3-4-12-27(25,26)18-7-5-17(21)6-8-18/h4-8,12,15-16,19,22H,3,9-11,13-14H2,1-2H3,(H,23,24)/b12-4+. The first-order valence-electron chi connectivity index (χ1n) is 9.45. The first kappa shape index (κ1) is 21.9. The van der Waals surface area contributed by atoms with E-state index in [2.05, 4.69) is 24.5 Å². The van der Waals surface area contributed by atoms with Gasteiger partial charge in [-0.2, -0.15) is 0 Å². The zero-order chi connectivity index (χ0) is 19.9. The molecule has 2 rings (SSSR count). The van der Waals surface area contributed by atoms with Crippen molar-refractivity contribution in [2.24, 2.45) is 17.8 Å². The van der Waals surface area contributed by atoms with E-state index in [1.165, 1.54) is 17.5 Å². The number of halogens is 1. The van der Waals surface area contributed by atoms with Gasteiger partial charge in [-0.05, 0) is 61.9 Å². The molecule has 1 aromatic carbocycles. The van der Waals surface area contributed by atoms with E-state index in [0.717, 1.165) is 19.4 Å². The minimum atomic E-state index is -3.48. The van der Waals surface area contributed by atoms with Crippen molar-refractivity contribution in [3.63, 3.8) is 0 Å². The lowest BCUT2D eigenvalue weighted by Crippen LogP contribution is -2.42. The van der Waals surface area contributed by atoms with Crippen LogP contribution in [0.3, 0.4) is 0 Å². The summed E-state index contributed by atoms with van der Waals surface area (Å²) < 4.78 is 24.4. The molecule has 150 valence electrons. The minimum Gasteiger partial charge on any atom is -0.356 e. The summed E-state index contributed by atoms with van der Waals surface area (Å²) in [6.07, 6.45) is 4.24. The molecule has 0 bridgehead atoms. The van der Waals surface area contributed by atoms with Crippen LogP contribution in [0.5, 0.6) is 0 Å². The van der Waals surface area contributed by atoms with E-state index in [1.54, 1.807) is 18.2 Å². The van der Waals surface area contributed by atoms with Crippen LogP contribution in [0.4, 0.5) is 0 Å². The summed E-state index contributed by atoms with van der Waals surface area (Å²) in [4.78, 5) is 12.7. The van der Waals surface area contributed by atoms with Crippen molar-refractivity contribution in [1.82, 2.24) is 10.6 Å². The highest BCUT2D eigenvalue weighted by molar-refractivity contribution is 7.94. The summed E-state index contributed by atoms with van der Waals surface area (Å²) in [5.74, 6) is 0.935. The van der Waals surface area contributed by atoms with Crippen LogP contribution in [0.2, 0.25) is 5.02 Å². The van der Waals surface area contributed by atoms with Crippen LogP contribution in [0.15, 0.2) is 40.6 Å². The van der Waals surface area contributed by atoms with E-state index in [9.17, 15) is 13.2 Å². The molecule has 7 heteroatoms. The fourth-order valence-electron chi connectivity index (χ4n) is 3.38. The molecule has 0 spiro atoms. The van der Waals surface area contributed by atoms with Crippen molar-refractivity contribution < 1.29 is 13.2 Å². The van der Waals surface area contributed by atoms with E-state index >= 15 is 0 Å². The van der Waals surface area contributed by atoms with E-state index in [4.69, 9.17) is 11.6 Å². The molecule has 1 heterocycles. The summed E-state index contributed by atoms with van der Waals surface area (Å²) in [7, 11) is -3.48. The van der Waals surface area contributed by atoms with Crippen LogP contribution in [0.1, 0.15) is 33.1 Å². The number of hydrogen-bond donors (Lipinski definition) is 2. The monoisotopic (exact) mass is 412 g/mol. The molecule has 1 aliphatic heterocycles. The van der Waals surface area contributed by atoms with Crippen LogP contribution < -0.4 is 10.6 Å². The van der Waals surface area contributed by atoms with Crippen LogP contribution in [-0.4, -0.2) is 34.0 Å². The van der Waals surface area contributed by atoms with Crippen molar-refractivity contribution in [3.05, 3.63) is 40.8 Å². The topological polar surface area (TPSA) is 75.3 Å². The number of rotatable bonds is 6. The van der Waals surface area contributed by atoms with Crippen molar-refractivity contribution in [3.8, 4) is 0 Å². The van der Waals surface area contributed by atoms with Gasteiger partial charge in [-0.1, -0.05) is 31.5 Å². The Morgan fingerprint density at radius 1 is 1.30 bits per heavy atom. The number of hydrogen-bond acceptors (Lipinski definition) is 4. The summed E-state index contributed by atoms with van der Waals surface area (Å²) in [6.45, 7) is 6.42. The average molecular weight is 413 g/mol. The van der Waals surface area contributed by atoms with Crippen LogP contribution >= 0.6 is 11.6 Å². The number of amides is 1. The first-order valence-corrected chi connectivity index (χ1v) is 11.4. The van der Waals surface area contributed by atoms with Gasteiger partial charge in [0.05, 0.1) is 10.8 Å². The zero-order valence-electron chi connectivity index (χ0n) is 15.9. The second-order valence-electron chi connectivity index (χ2n) is 7.37. The number of benzene rings is 1. The molecule has 0 saturated carbocycles. The van der Waals surface area contributed by atoms with Gasteiger partial charge in [0.2, 0.25) is 5.91 Å². The van der Waals surface area contributed by atoms with Crippen LogP contribution in [0.25, 0.3) is 0 Å². The lowest BCUT2D eigenvalue weighted by Gasteiger charge is -2.29. The van der Waals surface area contributed by atoms with Crippen LogP contribution in [-0.2, 0) is 14.6 Å². The van der Waals surface area contributed by atoms with Gasteiger partial charge < -0.3 is 10.6 Å². The highest BCUT2D eigenvalue weighted by atomic mass is 35.5. The summed E-state index contributed by atoms with van der Waals surface area (Å²) in [5, 5.41) is 7.97. The Labute approximate surface area is 167 Å². The Morgan fingerprint density at radius 2 is 2.00 bits per heavy atom. The second kappa shape index (κ2) is 10.2. The lowest BCUT2D eigenvalue weighted by molar-refractivity contribution is -0.126. The number of nitrogens with one attached hydrogen (secondary N) is 2. The van der Waals surface area contributed by atoms with Crippen molar-refractivity contribution in [2.75, 3.05) is 19.6 Å². The highest BCUT2D eigenvalue weighted by Crippen LogP contribution is 2.24. The van der Waals surface area contributed by atoms with Crippen molar-refractivity contribution >= 4 is 27.3 Å². The van der Waals surface area contributed by atoms with E-state index in [0.29, 0.717) is 36.4 Å². The molecule has 1 aromatic rings. The third kappa shape index (κ3) is 6.94. The van der Waals surface area contributed by atoms with Gasteiger partial charge in [-0.25, -0.2) is 8.42 Å². The predicted octanol–water partition coefficient (Wildman–Crippen LogP) is 3.41. The lowest BCUT2D eigenvalue weighted by atomic mass is 9.83. The molecule has 1 amide bonds. The van der Waals surface area contributed by atoms with E-state index in [1.807, 2.05) is 0 Å². The summed E-state index contributed by atoms with van der Waals surface area (Å²) in [6, 6.07) is 6.06. The molecular weight excluding hydrogens is 384 g/mol. The Kier molecular flexibility index (Phi) is 8.32. The molecule has 3 unspecified atom stereocenters. The fourth-order valence-corrected chi connectivity index (χ4v) is 4.57. The fraction of sp³-hybridized carbons (Fsp3) is 0.550. The van der Waals surface area contributed by atoms with Gasteiger partial charge in [0.15, 0.2) is 9.84 Å². The molecule has 5 nitrogen and oxygen atoms in total. The molecule has 0 radical (unpaired) electrons. The SMILES string of the molecule is CC1CCNCC(C(=O)NCC/C=C/S(=O)(=O)c2ccc(Cl)cc2)C(C)C1. The molecule has 1 saturated heterocycles. The van der Waals surface area contributed by atoms with Crippen molar-refractivity contribution in [1.29, 1.82) is 0 Å². The summed E-state index contributed by atoms with van der Waals surface area (Å²) >= 11 is 5.78. The van der Waals surface area contributed by atoms with Gasteiger partial charge in [-0.15, -0.1) is 0 Å². The van der Waals surface area contributed by atoms with E-state index in [-0.39, 0.29) is 16.7 Å². The maximum absolute atomic E-state index is 12.5. The van der Waals surface area contributed by atoms with Gasteiger partial charge in [0, 0.05) is 23.5 Å². The Bertz CT molecular complexity index is 747. The average Bonchev–Trinajstić information content (AvgIpc) is 2.59. The predicted molar refractivity (Wildman–Crippen MR) is 109 cm³/mol. The Morgan fingerprint density at radius 3 is 2.70 bits per heavy atom. The van der Waals surface area contributed by atoms with Crippen LogP contribution in [0, 0.1) is 17.8 Å². The first-order chi connectivity index (χ1) is 12.8. The normalized spacial score (nSPS) is 24.3. The number of sulfone groups is 1. The third-order valence-corrected chi connectivity index (χ3v) is 6.74. The molecular formula is C20H29ClN2O3S. The maximum atomic E-state index is 12.5. The summed E-state index contributed by atoms with van der Waals surface area (Å²) in [5.41, 5.74) is 0. The Hall–Kier alpha value is -1.37. The second-order valence-corrected chi connectivity index (χ2v) is 9.64. The molecule has 1 fully saturated rings. The minimum absolute atomic E-state index is 0.0399. The quantitative estimate of drug-likeness (QED) is 0.702. The molecule has 3 atom stereocenters. The van der Waals surface area contributed by atoms with Gasteiger partial charge in [-0.3, -0.25) is 4.79 Å². The maximum Gasteiger partial charge on any atom is 0.224 e. The molecule has 2 N–H and O–H groups in total. The third-order valence-electron chi connectivity index (χ3n) is 5.00. The van der Waals surface area contributed by atoms with E-state index < -0.39 is 9.84 Å². The van der Waals surface area contributed by atoms with Gasteiger partial charge in [0.25, 0.3) is 0 Å². The smallest absolute Gasteiger partial charge is 0.224 e. The van der Waals surface area contributed by atoms with Gasteiger partial charge in [0.1, 0.15) is 0 Å². The number of carbonyl (C=O) groups is 1. The molecule has 0 aromatic heterocycles. The Balaban J connectivity index is 1.82. The number of carbonyl (C=O) groups excluding carboxylic acids is 1.